The monoisotopic (exact) mass is 456 g/mol. The Balaban J connectivity index is 2.15. The van der Waals surface area contributed by atoms with Gasteiger partial charge in [0.2, 0.25) is 0 Å². The molecule has 0 aliphatic rings. The van der Waals surface area contributed by atoms with E-state index in [0.29, 0.717) is 12.8 Å². The van der Waals surface area contributed by atoms with Crippen LogP contribution >= 0.6 is 11.3 Å². The standard InChI is InChI=1S/C19H25F9S/c20-16(21,17(22,23)18(24,25)19(26,27)28)12-9-7-5-3-1-2-4-6-8-10-15-11-13-29-14-15/h11,13-14H,1-10,12H2. The normalized spacial score (nSPS) is 13.8. The third-order valence-corrected chi connectivity index (χ3v) is 5.48. The summed E-state index contributed by atoms with van der Waals surface area (Å²) in [5.74, 6) is -18.7. The van der Waals surface area contributed by atoms with Crippen molar-refractivity contribution in [2.45, 2.75) is 94.6 Å². The van der Waals surface area contributed by atoms with E-state index in [-0.39, 0.29) is 6.42 Å². The van der Waals surface area contributed by atoms with Gasteiger partial charge in [0.25, 0.3) is 0 Å². The highest BCUT2D eigenvalue weighted by Gasteiger charge is 2.81. The largest absolute Gasteiger partial charge is 0.460 e. The van der Waals surface area contributed by atoms with E-state index in [2.05, 4.69) is 11.4 Å². The number of hydrogen-bond donors (Lipinski definition) is 0. The summed E-state index contributed by atoms with van der Waals surface area (Å²) in [6, 6.07) is 2.08. The van der Waals surface area contributed by atoms with Crippen molar-refractivity contribution < 1.29 is 39.5 Å². The van der Waals surface area contributed by atoms with Gasteiger partial charge in [-0.15, -0.1) is 0 Å². The van der Waals surface area contributed by atoms with Crippen LogP contribution in [0.25, 0.3) is 0 Å². The van der Waals surface area contributed by atoms with E-state index in [0.717, 1.165) is 38.5 Å². The van der Waals surface area contributed by atoms with E-state index in [9.17, 15) is 39.5 Å². The molecule has 0 amide bonds. The summed E-state index contributed by atoms with van der Waals surface area (Å²) in [5.41, 5.74) is 1.31. The number of alkyl halides is 9. The van der Waals surface area contributed by atoms with E-state index in [1.165, 1.54) is 5.56 Å². The first-order chi connectivity index (χ1) is 13.3. The highest BCUT2D eigenvalue weighted by Crippen LogP contribution is 2.54. The molecule has 1 rings (SSSR count). The van der Waals surface area contributed by atoms with Gasteiger partial charge in [-0.3, -0.25) is 0 Å². The number of thiophene rings is 1. The molecule has 1 aromatic rings. The molecule has 1 aromatic heterocycles. The number of halogens is 9. The van der Waals surface area contributed by atoms with Crippen molar-refractivity contribution in [3.8, 4) is 0 Å². The van der Waals surface area contributed by atoms with Crippen molar-refractivity contribution in [1.82, 2.24) is 0 Å². The van der Waals surface area contributed by atoms with Crippen molar-refractivity contribution >= 4 is 11.3 Å². The molecule has 0 aliphatic heterocycles. The second-order valence-electron chi connectivity index (χ2n) is 7.16. The van der Waals surface area contributed by atoms with E-state index in [1.54, 1.807) is 11.3 Å². The van der Waals surface area contributed by atoms with Gasteiger partial charge >= 0.3 is 23.9 Å². The zero-order chi connectivity index (χ0) is 22.2. The van der Waals surface area contributed by atoms with E-state index < -0.39 is 36.8 Å². The Hall–Kier alpha value is -0.930. The van der Waals surface area contributed by atoms with Gasteiger partial charge in [-0.2, -0.15) is 50.9 Å². The Bertz CT molecular complexity index is 565. The number of aryl methyl sites for hydroxylation is 1. The minimum atomic E-state index is -6.78. The van der Waals surface area contributed by atoms with Crippen LogP contribution in [0.15, 0.2) is 16.8 Å². The lowest BCUT2D eigenvalue weighted by atomic mass is 9.97. The maximum Gasteiger partial charge on any atom is 0.460 e. The zero-order valence-electron chi connectivity index (χ0n) is 15.8. The molecule has 0 bridgehead atoms. The van der Waals surface area contributed by atoms with E-state index in [4.69, 9.17) is 0 Å². The summed E-state index contributed by atoms with van der Waals surface area (Å²) in [7, 11) is 0. The Morgan fingerprint density at radius 1 is 0.621 bits per heavy atom. The summed E-state index contributed by atoms with van der Waals surface area (Å²) in [6.45, 7) is 0. The quantitative estimate of drug-likeness (QED) is 0.194. The minimum Gasteiger partial charge on any atom is -0.200 e. The molecule has 170 valence electrons. The highest BCUT2D eigenvalue weighted by molar-refractivity contribution is 7.07. The molecule has 0 spiro atoms. The van der Waals surface area contributed by atoms with Crippen LogP contribution in [0.5, 0.6) is 0 Å². The van der Waals surface area contributed by atoms with Gasteiger partial charge in [0.1, 0.15) is 0 Å². The molecular formula is C19H25F9S. The average molecular weight is 456 g/mol. The van der Waals surface area contributed by atoms with Crippen LogP contribution in [0.1, 0.15) is 69.8 Å². The summed E-state index contributed by atoms with van der Waals surface area (Å²) >= 11 is 1.65. The second-order valence-corrected chi connectivity index (χ2v) is 7.94. The van der Waals surface area contributed by atoms with Gasteiger partial charge in [-0.25, -0.2) is 0 Å². The number of unbranched alkanes of at least 4 members (excludes halogenated alkanes) is 8. The lowest BCUT2D eigenvalue weighted by molar-refractivity contribution is -0.396. The van der Waals surface area contributed by atoms with E-state index in [1.807, 2.05) is 5.38 Å². The maximum atomic E-state index is 13.3. The Morgan fingerprint density at radius 2 is 1.10 bits per heavy atom. The van der Waals surface area contributed by atoms with Gasteiger partial charge in [0.15, 0.2) is 0 Å². The lowest BCUT2D eigenvalue weighted by Crippen LogP contribution is -2.60. The molecule has 1 heterocycles. The Morgan fingerprint density at radius 3 is 1.55 bits per heavy atom. The smallest absolute Gasteiger partial charge is 0.200 e. The molecule has 10 heteroatoms. The molecule has 0 unspecified atom stereocenters. The fraction of sp³-hybridized carbons (Fsp3) is 0.789. The molecule has 0 aromatic carbocycles. The molecule has 0 saturated carbocycles. The van der Waals surface area contributed by atoms with Crippen molar-refractivity contribution in [1.29, 1.82) is 0 Å². The highest BCUT2D eigenvalue weighted by atomic mass is 32.1. The summed E-state index contributed by atoms with van der Waals surface area (Å²) in [6.07, 6.45) is -1.88. The molecule has 0 fully saturated rings. The maximum absolute atomic E-state index is 13.3. The summed E-state index contributed by atoms with van der Waals surface area (Å²) in [5, 5.41) is 4.12. The molecule has 0 N–H and O–H groups in total. The fourth-order valence-corrected chi connectivity index (χ4v) is 3.62. The van der Waals surface area contributed by atoms with Crippen LogP contribution < -0.4 is 0 Å². The molecule has 0 atom stereocenters. The molecule has 0 radical (unpaired) electrons. The third-order valence-electron chi connectivity index (χ3n) is 4.75. The predicted octanol–water partition coefficient (Wildman–Crippen LogP) is 8.66. The van der Waals surface area contributed by atoms with Gasteiger partial charge in [0.05, 0.1) is 0 Å². The number of rotatable bonds is 14. The Labute approximate surface area is 168 Å². The van der Waals surface area contributed by atoms with Crippen LogP contribution in [0.4, 0.5) is 39.5 Å². The Kier molecular flexibility index (Phi) is 9.82. The fourth-order valence-electron chi connectivity index (χ4n) is 2.91. The van der Waals surface area contributed by atoms with Gasteiger partial charge < -0.3 is 0 Å². The third kappa shape index (κ3) is 7.36. The number of hydrogen-bond acceptors (Lipinski definition) is 1. The zero-order valence-corrected chi connectivity index (χ0v) is 16.6. The van der Waals surface area contributed by atoms with Gasteiger partial charge in [0, 0.05) is 6.42 Å². The molecule has 0 saturated heterocycles. The first-order valence-electron chi connectivity index (χ1n) is 9.54. The average Bonchev–Trinajstić information content (AvgIpc) is 3.11. The summed E-state index contributed by atoms with van der Waals surface area (Å²) < 4.78 is 114. The van der Waals surface area contributed by atoms with Crippen molar-refractivity contribution in [2.75, 3.05) is 0 Å². The van der Waals surface area contributed by atoms with Crippen molar-refractivity contribution in [3.05, 3.63) is 22.4 Å². The predicted molar refractivity (Wildman–Crippen MR) is 95.1 cm³/mol. The van der Waals surface area contributed by atoms with Crippen LogP contribution in [0.3, 0.4) is 0 Å². The summed E-state index contributed by atoms with van der Waals surface area (Å²) in [4.78, 5) is 0. The molecule has 0 nitrogen and oxygen atoms in total. The SMILES string of the molecule is FC(F)(F)C(F)(F)C(F)(F)C(F)(F)CCCCCCCCCCCc1ccsc1. The molecular weight excluding hydrogens is 431 g/mol. The van der Waals surface area contributed by atoms with Crippen molar-refractivity contribution in [2.24, 2.45) is 0 Å². The van der Waals surface area contributed by atoms with Crippen LogP contribution in [-0.2, 0) is 6.42 Å². The van der Waals surface area contributed by atoms with Crippen molar-refractivity contribution in [3.63, 3.8) is 0 Å². The van der Waals surface area contributed by atoms with Gasteiger partial charge in [-0.05, 0) is 41.7 Å². The van der Waals surface area contributed by atoms with Crippen LogP contribution in [-0.4, -0.2) is 23.9 Å². The first kappa shape index (κ1) is 26.1. The minimum absolute atomic E-state index is 0.0708. The van der Waals surface area contributed by atoms with Crippen LogP contribution in [0, 0.1) is 0 Å². The molecule has 0 aliphatic carbocycles. The molecule has 29 heavy (non-hydrogen) atoms. The van der Waals surface area contributed by atoms with Gasteiger partial charge in [-0.1, -0.05) is 44.9 Å². The lowest BCUT2D eigenvalue weighted by Gasteiger charge is -2.33. The van der Waals surface area contributed by atoms with Crippen LogP contribution in [0.2, 0.25) is 0 Å². The second kappa shape index (κ2) is 10.9. The van der Waals surface area contributed by atoms with E-state index >= 15 is 0 Å². The topological polar surface area (TPSA) is 0 Å². The first-order valence-corrected chi connectivity index (χ1v) is 10.5.